The zero-order chi connectivity index (χ0) is 10.7. The summed E-state index contributed by atoms with van der Waals surface area (Å²) in [5, 5.41) is 2.98. The normalized spacial score (nSPS) is 31.4. The number of amides is 1. The zero-order valence-corrected chi connectivity index (χ0v) is 9.24. The molecule has 2 saturated heterocycles. The average Bonchev–Trinajstić information content (AvgIpc) is 2.62. The van der Waals surface area contributed by atoms with Crippen molar-refractivity contribution >= 4 is 5.91 Å². The van der Waals surface area contributed by atoms with Crippen molar-refractivity contribution < 1.29 is 4.79 Å². The second-order valence-corrected chi connectivity index (χ2v) is 4.59. The second kappa shape index (κ2) is 4.94. The Labute approximate surface area is 91.2 Å². The Kier molecular flexibility index (Phi) is 3.59. The maximum absolute atomic E-state index is 11.5. The van der Waals surface area contributed by atoms with Crippen molar-refractivity contribution in [2.45, 2.75) is 31.7 Å². The van der Waals surface area contributed by atoms with Gasteiger partial charge in [0, 0.05) is 12.6 Å². The number of nitrogens with one attached hydrogen (secondary N) is 1. The SMILES string of the molecule is NCCCCN1CCCC2C(=O)NCC21. The fourth-order valence-corrected chi connectivity index (χ4v) is 2.78. The van der Waals surface area contributed by atoms with Crippen LogP contribution in [0.15, 0.2) is 0 Å². The van der Waals surface area contributed by atoms with Gasteiger partial charge in [-0.15, -0.1) is 0 Å². The summed E-state index contributed by atoms with van der Waals surface area (Å²) in [4.78, 5) is 14.0. The first-order valence-corrected chi connectivity index (χ1v) is 6.05. The molecule has 86 valence electrons. The van der Waals surface area contributed by atoms with Crippen LogP contribution in [0.4, 0.5) is 0 Å². The van der Waals surface area contributed by atoms with Crippen LogP contribution in [0, 0.1) is 5.92 Å². The van der Waals surface area contributed by atoms with Crippen LogP contribution in [0.5, 0.6) is 0 Å². The summed E-state index contributed by atoms with van der Waals surface area (Å²) in [7, 11) is 0. The summed E-state index contributed by atoms with van der Waals surface area (Å²) in [5.41, 5.74) is 5.49. The lowest BCUT2D eigenvalue weighted by atomic mass is 9.91. The molecule has 2 atom stereocenters. The Hall–Kier alpha value is -0.610. The van der Waals surface area contributed by atoms with Crippen LogP contribution >= 0.6 is 0 Å². The second-order valence-electron chi connectivity index (χ2n) is 4.59. The molecule has 2 heterocycles. The molecule has 0 saturated carbocycles. The number of piperidine rings is 1. The lowest BCUT2D eigenvalue weighted by Gasteiger charge is -2.35. The van der Waals surface area contributed by atoms with Crippen molar-refractivity contribution in [3.8, 4) is 0 Å². The molecule has 0 bridgehead atoms. The fourth-order valence-electron chi connectivity index (χ4n) is 2.78. The first-order chi connectivity index (χ1) is 7.33. The van der Waals surface area contributed by atoms with E-state index in [9.17, 15) is 4.79 Å². The van der Waals surface area contributed by atoms with E-state index in [0.29, 0.717) is 6.04 Å². The predicted octanol–water partition coefficient (Wildman–Crippen LogP) is -0.0643. The van der Waals surface area contributed by atoms with Crippen LogP contribution in [-0.2, 0) is 4.79 Å². The van der Waals surface area contributed by atoms with Crippen molar-refractivity contribution in [3.63, 3.8) is 0 Å². The number of rotatable bonds is 4. The molecule has 15 heavy (non-hydrogen) atoms. The van der Waals surface area contributed by atoms with Gasteiger partial charge in [-0.1, -0.05) is 0 Å². The van der Waals surface area contributed by atoms with E-state index in [1.807, 2.05) is 0 Å². The minimum atomic E-state index is 0.261. The monoisotopic (exact) mass is 211 g/mol. The Morgan fingerprint density at radius 2 is 2.33 bits per heavy atom. The maximum Gasteiger partial charge on any atom is 0.224 e. The predicted molar refractivity (Wildman–Crippen MR) is 59.4 cm³/mol. The van der Waals surface area contributed by atoms with Gasteiger partial charge in [0.2, 0.25) is 5.91 Å². The van der Waals surface area contributed by atoms with Gasteiger partial charge < -0.3 is 11.1 Å². The highest BCUT2D eigenvalue weighted by Gasteiger charge is 2.40. The minimum Gasteiger partial charge on any atom is -0.354 e. The number of hydrogen-bond donors (Lipinski definition) is 2. The van der Waals surface area contributed by atoms with Crippen molar-refractivity contribution in [2.24, 2.45) is 11.7 Å². The average molecular weight is 211 g/mol. The molecule has 2 rings (SSSR count). The number of nitrogens with zero attached hydrogens (tertiary/aromatic N) is 1. The van der Waals surface area contributed by atoms with E-state index in [1.54, 1.807) is 0 Å². The molecule has 0 aliphatic carbocycles. The van der Waals surface area contributed by atoms with Crippen molar-refractivity contribution in [1.29, 1.82) is 0 Å². The number of hydrogen-bond acceptors (Lipinski definition) is 3. The van der Waals surface area contributed by atoms with Crippen LogP contribution in [0.2, 0.25) is 0 Å². The highest BCUT2D eigenvalue weighted by Crippen LogP contribution is 2.27. The Balaban J connectivity index is 1.86. The van der Waals surface area contributed by atoms with Gasteiger partial charge in [-0.3, -0.25) is 9.69 Å². The topological polar surface area (TPSA) is 58.4 Å². The van der Waals surface area contributed by atoms with Gasteiger partial charge in [-0.2, -0.15) is 0 Å². The zero-order valence-electron chi connectivity index (χ0n) is 9.24. The molecule has 4 heteroatoms. The molecule has 4 nitrogen and oxygen atoms in total. The number of nitrogens with two attached hydrogens (primary N) is 1. The number of fused-ring (bicyclic) bond motifs is 1. The van der Waals surface area contributed by atoms with Crippen LogP contribution in [0.1, 0.15) is 25.7 Å². The van der Waals surface area contributed by atoms with E-state index in [4.69, 9.17) is 5.73 Å². The molecule has 2 aliphatic heterocycles. The highest BCUT2D eigenvalue weighted by atomic mass is 16.2. The van der Waals surface area contributed by atoms with Crippen molar-refractivity contribution in [3.05, 3.63) is 0 Å². The molecule has 0 aromatic rings. The molecular formula is C11H21N3O. The Morgan fingerprint density at radius 3 is 3.13 bits per heavy atom. The highest BCUT2D eigenvalue weighted by molar-refractivity contribution is 5.82. The first-order valence-electron chi connectivity index (χ1n) is 6.05. The third-order valence-corrected chi connectivity index (χ3v) is 3.62. The summed E-state index contributed by atoms with van der Waals surface area (Å²) in [6.07, 6.45) is 4.49. The molecule has 0 aromatic heterocycles. The van der Waals surface area contributed by atoms with Gasteiger partial charge in [-0.05, 0) is 45.3 Å². The van der Waals surface area contributed by atoms with Crippen molar-refractivity contribution in [2.75, 3.05) is 26.2 Å². The Bertz CT molecular complexity index is 232. The number of carbonyl (C=O) groups is 1. The third-order valence-electron chi connectivity index (χ3n) is 3.62. The quantitative estimate of drug-likeness (QED) is 0.640. The summed E-state index contributed by atoms with van der Waals surface area (Å²) in [5.74, 6) is 0.528. The summed E-state index contributed by atoms with van der Waals surface area (Å²) in [6.45, 7) is 3.89. The lowest BCUT2D eigenvalue weighted by Crippen LogP contribution is -2.45. The van der Waals surface area contributed by atoms with Gasteiger partial charge in [0.1, 0.15) is 0 Å². The molecular weight excluding hydrogens is 190 g/mol. The van der Waals surface area contributed by atoms with Crippen LogP contribution in [0.25, 0.3) is 0 Å². The van der Waals surface area contributed by atoms with Crippen molar-refractivity contribution in [1.82, 2.24) is 10.2 Å². The van der Waals surface area contributed by atoms with Gasteiger partial charge in [0.25, 0.3) is 0 Å². The van der Waals surface area contributed by atoms with E-state index in [-0.39, 0.29) is 11.8 Å². The smallest absolute Gasteiger partial charge is 0.224 e. The molecule has 0 spiro atoms. The van der Waals surface area contributed by atoms with Gasteiger partial charge in [-0.25, -0.2) is 0 Å². The number of likely N-dealkylation sites (tertiary alicyclic amines) is 1. The minimum absolute atomic E-state index is 0.261. The maximum atomic E-state index is 11.5. The molecule has 2 unspecified atom stereocenters. The fraction of sp³-hybridized carbons (Fsp3) is 0.909. The lowest BCUT2D eigenvalue weighted by molar-refractivity contribution is -0.124. The third kappa shape index (κ3) is 2.32. The van der Waals surface area contributed by atoms with E-state index < -0.39 is 0 Å². The van der Waals surface area contributed by atoms with Gasteiger partial charge in [0.15, 0.2) is 0 Å². The van der Waals surface area contributed by atoms with E-state index >= 15 is 0 Å². The molecule has 0 radical (unpaired) electrons. The van der Waals surface area contributed by atoms with Gasteiger partial charge in [0.05, 0.1) is 5.92 Å². The molecule has 2 fully saturated rings. The van der Waals surface area contributed by atoms with Crippen LogP contribution in [-0.4, -0.2) is 43.0 Å². The van der Waals surface area contributed by atoms with Gasteiger partial charge >= 0.3 is 0 Å². The molecule has 2 aliphatic rings. The van der Waals surface area contributed by atoms with E-state index in [1.165, 1.54) is 0 Å². The summed E-state index contributed by atoms with van der Waals surface area (Å²) in [6, 6.07) is 0.462. The Morgan fingerprint density at radius 1 is 1.47 bits per heavy atom. The van der Waals surface area contributed by atoms with E-state index in [2.05, 4.69) is 10.2 Å². The van der Waals surface area contributed by atoms with E-state index in [0.717, 1.165) is 51.9 Å². The van der Waals surface area contributed by atoms with Crippen LogP contribution in [0.3, 0.4) is 0 Å². The summed E-state index contributed by atoms with van der Waals surface area (Å²) < 4.78 is 0. The standard InChI is InChI=1S/C11H21N3O/c12-5-1-2-6-14-7-3-4-9-10(14)8-13-11(9)15/h9-10H,1-8,12H2,(H,13,15). The molecule has 0 aromatic carbocycles. The number of carbonyl (C=O) groups excluding carboxylic acids is 1. The summed E-state index contributed by atoms with van der Waals surface area (Å²) >= 11 is 0. The van der Waals surface area contributed by atoms with Crippen LogP contribution < -0.4 is 11.1 Å². The first kappa shape index (κ1) is 10.9. The number of unbranched alkanes of at least 4 members (excludes halogenated alkanes) is 1. The molecule has 3 N–H and O–H groups in total. The molecule has 1 amide bonds. The largest absolute Gasteiger partial charge is 0.354 e.